The van der Waals surface area contributed by atoms with Crippen molar-refractivity contribution in [3.05, 3.63) is 48.0 Å². The van der Waals surface area contributed by atoms with Crippen LogP contribution in [0.5, 0.6) is 11.5 Å². The van der Waals surface area contributed by atoms with E-state index in [1.165, 1.54) is 19.2 Å². The average Bonchev–Trinajstić information content (AvgIpc) is 3.04. The fourth-order valence-corrected chi connectivity index (χ4v) is 4.30. The van der Waals surface area contributed by atoms with Gasteiger partial charge in [-0.1, -0.05) is 19.1 Å². The van der Waals surface area contributed by atoms with Crippen LogP contribution in [0.4, 0.5) is 5.69 Å². The van der Waals surface area contributed by atoms with Crippen molar-refractivity contribution in [2.75, 3.05) is 32.1 Å². The molecule has 0 aromatic heterocycles. The molecule has 1 unspecified atom stereocenters. The molecule has 9 nitrogen and oxygen atoms in total. The Morgan fingerprint density at radius 2 is 1.79 bits per heavy atom. The van der Waals surface area contributed by atoms with Crippen LogP contribution in [0.25, 0.3) is 0 Å². The zero-order valence-electron chi connectivity index (χ0n) is 19.0. The lowest BCUT2D eigenvalue weighted by Crippen LogP contribution is -2.36. The SMILES string of the molecule is CCC(C)NC(=O)c1ccccc1NC(=O)CN(C)S(=O)(=O)c1ccc2c(c1)OCCCO2. The molecule has 1 heterocycles. The number of nitrogens with zero attached hydrogens (tertiary/aromatic N) is 1. The Morgan fingerprint density at radius 1 is 1.09 bits per heavy atom. The number of anilines is 1. The molecule has 0 fully saturated rings. The van der Waals surface area contributed by atoms with Gasteiger partial charge in [0.2, 0.25) is 15.9 Å². The summed E-state index contributed by atoms with van der Waals surface area (Å²) >= 11 is 0. The third-order valence-corrected chi connectivity index (χ3v) is 7.03. The van der Waals surface area contributed by atoms with Gasteiger partial charge in [0.25, 0.3) is 5.91 Å². The topological polar surface area (TPSA) is 114 Å². The summed E-state index contributed by atoms with van der Waals surface area (Å²) < 4.78 is 38.1. The minimum absolute atomic E-state index is 0.00428. The van der Waals surface area contributed by atoms with Crippen molar-refractivity contribution >= 4 is 27.5 Å². The van der Waals surface area contributed by atoms with Crippen molar-refractivity contribution < 1.29 is 27.5 Å². The number of hydrogen-bond donors (Lipinski definition) is 2. The molecule has 0 saturated heterocycles. The van der Waals surface area contributed by atoms with Gasteiger partial charge in [0, 0.05) is 25.6 Å². The third kappa shape index (κ3) is 6.02. The fourth-order valence-electron chi connectivity index (χ4n) is 3.15. The number of carbonyl (C=O) groups excluding carboxylic acids is 2. The number of sulfonamides is 1. The van der Waals surface area contributed by atoms with Crippen molar-refractivity contribution in [1.29, 1.82) is 0 Å². The molecular weight excluding hydrogens is 446 g/mol. The normalized spacial score (nSPS) is 14.3. The quantitative estimate of drug-likeness (QED) is 0.607. The Kier molecular flexibility index (Phi) is 7.93. The summed E-state index contributed by atoms with van der Waals surface area (Å²) in [5, 5.41) is 5.50. The van der Waals surface area contributed by atoms with Crippen molar-refractivity contribution in [3.63, 3.8) is 0 Å². The molecule has 33 heavy (non-hydrogen) atoms. The largest absolute Gasteiger partial charge is 0.490 e. The smallest absolute Gasteiger partial charge is 0.253 e. The first kappa shape index (κ1) is 24.5. The van der Waals surface area contributed by atoms with Gasteiger partial charge in [0.05, 0.1) is 35.9 Å². The zero-order valence-corrected chi connectivity index (χ0v) is 19.8. The number of nitrogens with one attached hydrogen (secondary N) is 2. The number of rotatable bonds is 8. The van der Waals surface area contributed by atoms with E-state index in [1.807, 2.05) is 13.8 Å². The van der Waals surface area contributed by atoms with Gasteiger partial charge in [0.1, 0.15) is 0 Å². The van der Waals surface area contributed by atoms with E-state index in [9.17, 15) is 18.0 Å². The van der Waals surface area contributed by atoms with Crippen LogP contribution in [0, 0.1) is 0 Å². The lowest BCUT2D eigenvalue weighted by molar-refractivity contribution is -0.116. The van der Waals surface area contributed by atoms with Gasteiger partial charge in [-0.25, -0.2) is 8.42 Å². The molecule has 2 amide bonds. The molecule has 2 aromatic carbocycles. The number of carbonyl (C=O) groups is 2. The van der Waals surface area contributed by atoms with E-state index < -0.39 is 22.5 Å². The van der Waals surface area contributed by atoms with Gasteiger partial charge in [-0.15, -0.1) is 0 Å². The number of benzene rings is 2. The predicted octanol–water partition coefficient (Wildman–Crippen LogP) is 2.64. The highest BCUT2D eigenvalue weighted by atomic mass is 32.2. The summed E-state index contributed by atoms with van der Waals surface area (Å²) in [6.45, 7) is 4.34. The molecule has 0 spiro atoms. The van der Waals surface area contributed by atoms with E-state index in [1.54, 1.807) is 30.3 Å². The Balaban J connectivity index is 1.71. The molecule has 3 rings (SSSR count). The highest BCUT2D eigenvalue weighted by Gasteiger charge is 2.25. The van der Waals surface area contributed by atoms with E-state index in [4.69, 9.17) is 9.47 Å². The number of hydrogen-bond acceptors (Lipinski definition) is 6. The van der Waals surface area contributed by atoms with E-state index in [0.29, 0.717) is 42.4 Å². The first-order chi connectivity index (χ1) is 15.7. The van der Waals surface area contributed by atoms with Crippen molar-refractivity contribution in [3.8, 4) is 11.5 Å². The molecule has 1 aliphatic rings. The number of fused-ring (bicyclic) bond motifs is 1. The molecular formula is C23H29N3O6S. The molecule has 0 aliphatic carbocycles. The minimum Gasteiger partial charge on any atom is -0.490 e. The van der Waals surface area contributed by atoms with Crippen LogP contribution in [0.1, 0.15) is 37.0 Å². The van der Waals surface area contributed by atoms with Gasteiger partial charge in [0.15, 0.2) is 11.5 Å². The van der Waals surface area contributed by atoms with Crippen LogP contribution < -0.4 is 20.1 Å². The van der Waals surface area contributed by atoms with E-state index in [2.05, 4.69) is 10.6 Å². The summed E-state index contributed by atoms with van der Waals surface area (Å²) in [6, 6.07) is 10.9. The number of likely N-dealkylation sites (N-methyl/N-ethyl adjacent to an activating group) is 1. The fraction of sp³-hybridized carbons (Fsp3) is 0.391. The second kappa shape index (κ2) is 10.7. The lowest BCUT2D eigenvalue weighted by Gasteiger charge is -2.19. The van der Waals surface area contributed by atoms with Crippen LogP contribution >= 0.6 is 0 Å². The van der Waals surface area contributed by atoms with Gasteiger partial charge < -0.3 is 20.1 Å². The molecule has 0 radical (unpaired) electrons. The van der Waals surface area contributed by atoms with Crippen LogP contribution in [0.3, 0.4) is 0 Å². The Hall–Kier alpha value is -3.11. The number of para-hydroxylation sites is 1. The number of ether oxygens (including phenoxy) is 2. The highest BCUT2D eigenvalue weighted by molar-refractivity contribution is 7.89. The second-order valence-electron chi connectivity index (χ2n) is 7.80. The maximum Gasteiger partial charge on any atom is 0.253 e. The van der Waals surface area contributed by atoms with Crippen molar-refractivity contribution in [1.82, 2.24) is 9.62 Å². The molecule has 0 bridgehead atoms. The predicted molar refractivity (Wildman–Crippen MR) is 124 cm³/mol. The van der Waals surface area contributed by atoms with Gasteiger partial charge in [-0.2, -0.15) is 4.31 Å². The molecule has 2 N–H and O–H groups in total. The van der Waals surface area contributed by atoms with Crippen molar-refractivity contribution in [2.24, 2.45) is 0 Å². The first-order valence-corrected chi connectivity index (χ1v) is 12.2. The van der Waals surface area contributed by atoms with Gasteiger partial charge in [-0.3, -0.25) is 9.59 Å². The molecule has 2 aromatic rings. The maximum absolute atomic E-state index is 13.0. The van der Waals surface area contributed by atoms with E-state index in [-0.39, 0.29) is 16.8 Å². The second-order valence-corrected chi connectivity index (χ2v) is 9.84. The summed E-state index contributed by atoms with van der Waals surface area (Å²) in [7, 11) is -2.64. The van der Waals surface area contributed by atoms with E-state index >= 15 is 0 Å². The summed E-state index contributed by atoms with van der Waals surface area (Å²) in [6.07, 6.45) is 1.47. The van der Waals surface area contributed by atoms with Crippen LogP contribution in [0.2, 0.25) is 0 Å². The van der Waals surface area contributed by atoms with Gasteiger partial charge in [-0.05, 0) is 37.6 Å². The standard InChI is InChI=1S/C23H29N3O6S/c1-4-16(2)24-23(28)18-8-5-6-9-19(18)25-22(27)15-26(3)33(29,30)17-10-11-20-21(14-17)32-13-7-12-31-20/h5-6,8-11,14,16H,4,7,12-13,15H2,1-3H3,(H,24,28)(H,25,27). The Bertz CT molecular complexity index is 1120. The van der Waals surface area contributed by atoms with E-state index in [0.717, 1.165) is 10.7 Å². The zero-order chi connectivity index (χ0) is 24.0. The van der Waals surface area contributed by atoms with Gasteiger partial charge >= 0.3 is 0 Å². The third-order valence-electron chi connectivity index (χ3n) is 5.23. The molecule has 10 heteroatoms. The molecule has 178 valence electrons. The average molecular weight is 476 g/mol. The maximum atomic E-state index is 13.0. The minimum atomic E-state index is -3.96. The molecule has 1 atom stereocenters. The summed E-state index contributed by atoms with van der Waals surface area (Å²) in [5.74, 6) is -0.0422. The summed E-state index contributed by atoms with van der Waals surface area (Å²) in [5.41, 5.74) is 0.615. The van der Waals surface area contributed by atoms with Crippen LogP contribution in [-0.4, -0.2) is 57.4 Å². The number of amides is 2. The Morgan fingerprint density at radius 3 is 2.52 bits per heavy atom. The summed E-state index contributed by atoms with van der Waals surface area (Å²) in [4.78, 5) is 25.2. The van der Waals surface area contributed by atoms with Crippen molar-refractivity contribution in [2.45, 2.75) is 37.6 Å². The first-order valence-electron chi connectivity index (χ1n) is 10.8. The van der Waals surface area contributed by atoms with Crippen LogP contribution in [0.15, 0.2) is 47.4 Å². The molecule has 0 saturated carbocycles. The monoisotopic (exact) mass is 475 g/mol. The highest BCUT2D eigenvalue weighted by Crippen LogP contribution is 2.32. The molecule has 1 aliphatic heterocycles. The Labute approximate surface area is 194 Å². The lowest BCUT2D eigenvalue weighted by atomic mass is 10.1. The van der Waals surface area contributed by atoms with Crippen LogP contribution in [-0.2, 0) is 14.8 Å².